The van der Waals surface area contributed by atoms with E-state index in [0.717, 1.165) is 16.5 Å². The highest BCUT2D eigenvalue weighted by atomic mass is 19.1. The highest BCUT2D eigenvalue weighted by molar-refractivity contribution is 6.00. The molecule has 0 bridgehead atoms. The number of rotatable bonds is 4. The van der Waals surface area contributed by atoms with E-state index in [4.69, 9.17) is 0 Å². The monoisotopic (exact) mass is 351 g/mol. The first-order chi connectivity index (χ1) is 12.6. The maximum Gasteiger partial charge on any atom is 0.268 e. The second-order valence-electron chi connectivity index (χ2n) is 6.48. The van der Waals surface area contributed by atoms with Gasteiger partial charge in [0.05, 0.1) is 6.04 Å². The topological polar surface area (TPSA) is 63.1 Å². The van der Waals surface area contributed by atoms with Crippen LogP contribution >= 0.6 is 0 Å². The first-order valence-electron chi connectivity index (χ1n) is 8.50. The number of carbonyl (C=O) groups is 2. The number of amides is 2. The van der Waals surface area contributed by atoms with Crippen molar-refractivity contribution in [2.75, 3.05) is 0 Å². The Bertz CT molecular complexity index is 978. The van der Waals surface area contributed by atoms with Gasteiger partial charge in [-0.1, -0.05) is 30.3 Å². The molecule has 1 aliphatic heterocycles. The minimum atomic E-state index is -0.306. The van der Waals surface area contributed by atoms with Crippen LogP contribution in [0.4, 0.5) is 4.39 Å². The van der Waals surface area contributed by atoms with Crippen molar-refractivity contribution in [3.8, 4) is 0 Å². The third kappa shape index (κ3) is 3.18. The molecule has 2 amide bonds. The highest BCUT2D eigenvalue weighted by Gasteiger charge is 2.27. The van der Waals surface area contributed by atoms with E-state index in [-0.39, 0.29) is 30.1 Å². The van der Waals surface area contributed by atoms with Crippen LogP contribution < -0.4 is 10.6 Å². The normalized spacial score (nSPS) is 16.2. The van der Waals surface area contributed by atoms with Gasteiger partial charge in [-0.25, -0.2) is 4.39 Å². The number of nitrogens with zero attached hydrogens (tertiary/aromatic N) is 1. The Morgan fingerprint density at radius 1 is 1.19 bits per heavy atom. The van der Waals surface area contributed by atoms with Crippen molar-refractivity contribution in [2.24, 2.45) is 0 Å². The molecule has 2 heterocycles. The first kappa shape index (κ1) is 16.3. The largest absolute Gasteiger partial charge is 0.352 e. The molecule has 0 fully saturated rings. The predicted molar refractivity (Wildman–Crippen MR) is 96.1 cm³/mol. The van der Waals surface area contributed by atoms with Crippen molar-refractivity contribution in [1.82, 2.24) is 15.2 Å². The van der Waals surface area contributed by atoms with Crippen molar-refractivity contribution < 1.29 is 14.0 Å². The smallest absolute Gasteiger partial charge is 0.268 e. The number of hydrogen-bond acceptors (Lipinski definition) is 2. The maximum atomic E-state index is 12.9. The molecule has 0 aliphatic carbocycles. The number of para-hydroxylation sites is 1. The number of nitrogens with one attached hydrogen (secondary N) is 2. The van der Waals surface area contributed by atoms with E-state index in [1.807, 2.05) is 34.9 Å². The summed E-state index contributed by atoms with van der Waals surface area (Å²) >= 11 is 0. The fraction of sp³-hybridized carbons (Fsp3) is 0.200. The number of fused-ring (bicyclic) bond motifs is 3. The van der Waals surface area contributed by atoms with E-state index < -0.39 is 0 Å². The zero-order chi connectivity index (χ0) is 18.1. The summed E-state index contributed by atoms with van der Waals surface area (Å²) < 4.78 is 14.9. The molecule has 0 radical (unpaired) electrons. The third-order valence-corrected chi connectivity index (χ3v) is 4.62. The molecule has 0 saturated heterocycles. The van der Waals surface area contributed by atoms with Crippen LogP contribution in [-0.2, 0) is 17.9 Å². The van der Waals surface area contributed by atoms with Gasteiger partial charge in [0.15, 0.2) is 0 Å². The molecule has 6 heteroatoms. The van der Waals surface area contributed by atoms with Crippen LogP contribution in [0, 0.1) is 5.82 Å². The van der Waals surface area contributed by atoms with Crippen LogP contribution in [0.25, 0.3) is 10.9 Å². The molecular formula is C20H18FN3O2. The fourth-order valence-electron chi connectivity index (χ4n) is 3.34. The summed E-state index contributed by atoms with van der Waals surface area (Å²) in [6.07, 6.45) is 0.193. The van der Waals surface area contributed by atoms with Gasteiger partial charge in [-0.05, 0) is 29.8 Å². The lowest BCUT2D eigenvalue weighted by Crippen LogP contribution is -2.46. The highest BCUT2D eigenvalue weighted by Crippen LogP contribution is 2.23. The summed E-state index contributed by atoms with van der Waals surface area (Å²) in [5.41, 5.74) is 2.44. The van der Waals surface area contributed by atoms with Crippen molar-refractivity contribution >= 4 is 22.7 Å². The molecule has 0 spiro atoms. The van der Waals surface area contributed by atoms with Gasteiger partial charge < -0.3 is 15.2 Å². The van der Waals surface area contributed by atoms with Gasteiger partial charge in [0.25, 0.3) is 5.91 Å². The standard InChI is InChI=1S/C20H18FN3O2/c21-15-7-5-13(6-8-15)11-22-19(25)10-16-12-24-17-4-2-1-3-14(17)9-18(24)20(26)23-16/h1-9,16H,10-12H2,(H,22,25)(H,23,26)/t16-/m0/s1. The molecule has 4 rings (SSSR count). The maximum absolute atomic E-state index is 12.9. The van der Waals surface area contributed by atoms with Crippen molar-refractivity contribution in [3.63, 3.8) is 0 Å². The summed E-state index contributed by atoms with van der Waals surface area (Å²) in [6.45, 7) is 0.885. The Hall–Kier alpha value is -3.15. The molecule has 0 saturated carbocycles. The molecule has 1 aromatic heterocycles. The molecule has 3 aromatic rings. The van der Waals surface area contributed by atoms with Gasteiger partial charge in [-0.3, -0.25) is 9.59 Å². The fourth-order valence-corrected chi connectivity index (χ4v) is 3.34. The van der Waals surface area contributed by atoms with E-state index >= 15 is 0 Å². The number of hydrogen-bond donors (Lipinski definition) is 2. The summed E-state index contributed by atoms with van der Waals surface area (Å²) in [7, 11) is 0. The van der Waals surface area contributed by atoms with Gasteiger partial charge in [0, 0.05) is 30.4 Å². The van der Waals surface area contributed by atoms with Crippen molar-refractivity contribution in [1.29, 1.82) is 0 Å². The average Bonchev–Trinajstić information content (AvgIpc) is 3.01. The van der Waals surface area contributed by atoms with Crippen LogP contribution in [-0.4, -0.2) is 22.4 Å². The second-order valence-corrected chi connectivity index (χ2v) is 6.48. The minimum Gasteiger partial charge on any atom is -0.352 e. The van der Waals surface area contributed by atoms with E-state index in [0.29, 0.717) is 18.8 Å². The SMILES string of the molecule is O=C(C[C@H]1Cn2c(cc3ccccc32)C(=O)N1)NCc1ccc(F)cc1. The van der Waals surface area contributed by atoms with E-state index in [1.165, 1.54) is 12.1 Å². The number of benzene rings is 2. The molecule has 1 aliphatic rings. The lowest BCUT2D eigenvalue weighted by atomic mass is 10.1. The Balaban J connectivity index is 1.42. The molecule has 132 valence electrons. The molecule has 1 atom stereocenters. The Morgan fingerprint density at radius 3 is 2.77 bits per heavy atom. The Kier molecular flexibility index (Phi) is 4.16. The molecule has 2 aromatic carbocycles. The minimum absolute atomic E-state index is 0.153. The zero-order valence-electron chi connectivity index (χ0n) is 14.0. The van der Waals surface area contributed by atoms with Gasteiger partial charge in [-0.2, -0.15) is 0 Å². The summed E-state index contributed by atoms with van der Waals surface area (Å²) in [5.74, 6) is -0.622. The van der Waals surface area contributed by atoms with Gasteiger partial charge in [-0.15, -0.1) is 0 Å². The lowest BCUT2D eigenvalue weighted by Gasteiger charge is -2.26. The first-order valence-corrected chi connectivity index (χ1v) is 8.50. The Morgan fingerprint density at radius 2 is 1.96 bits per heavy atom. The van der Waals surface area contributed by atoms with E-state index in [2.05, 4.69) is 10.6 Å². The average molecular weight is 351 g/mol. The van der Waals surface area contributed by atoms with Gasteiger partial charge in [0.1, 0.15) is 11.5 Å². The quantitative estimate of drug-likeness (QED) is 0.759. The Labute approximate surface area is 149 Å². The molecule has 2 N–H and O–H groups in total. The second kappa shape index (κ2) is 6.63. The van der Waals surface area contributed by atoms with Gasteiger partial charge >= 0.3 is 0 Å². The number of aromatic nitrogens is 1. The summed E-state index contributed by atoms with van der Waals surface area (Å²) in [4.78, 5) is 24.6. The van der Waals surface area contributed by atoms with Crippen molar-refractivity contribution in [2.45, 2.75) is 25.6 Å². The lowest BCUT2D eigenvalue weighted by molar-refractivity contribution is -0.121. The van der Waals surface area contributed by atoms with Crippen LogP contribution in [0.2, 0.25) is 0 Å². The molecular weight excluding hydrogens is 333 g/mol. The third-order valence-electron chi connectivity index (χ3n) is 4.62. The predicted octanol–water partition coefficient (Wildman–Crippen LogP) is 2.60. The van der Waals surface area contributed by atoms with Crippen LogP contribution in [0.1, 0.15) is 22.5 Å². The van der Waals surface area contributed by atoms with E-state index in [9.17, 15) is 14.0 Å². The zero-order valence-corrected chi connectivity index (χ0v) is 14.0. The molecule has 26 heavy (non-hydrogen) atoms. The molecule has 0 unspecified atom stereocenters. The van der Waals surface area contributed by atoms with Gasteiger partial charge in [0.2, 0.25) is 5.91 Å². The van der Waals surface area contributed by atoms with Crippen molar-refractivity contribution in [3.05, 3.63) is 71.7 Å². The van der Waals surface area contributed by atoms with Crippen LogP contribution in [0.5, 0.6) is 0 Å². The summed E-state index contributed by atoms with van der Waals surface area (Å²) in [6, 6.07) is 15.4. The number of carbonyl (C=O) groups excluding carboxylic acids is 2. The van der Waals surface area contributed by atoms with Crippen LogP contribution in [0.15, 0.2) is 54.6 Å². The number of halogens is 1. The summed E-state index contributed by atoms with van der Waals surface area (Å²) in [5, 5.41) is 6.73. The van der Waals surface area contributed by atoms with Crippen LogP contribution in [0.3, 0.4) is 0 Å². The van der Waals surface area contributed by atoms with E-state index in [1.54, 1.807) is 12.1 Å². The molecule has 5 nitrogen and oxygen atoms in total.